The molecule has 0 spiro atoms. The fourth-order valence-electron chi connectivity index (χ4n) is 5.17. The fourth-order valence-corrected chi connectivity index (χ4v) is 6.19. The van der Waals surface area contributed by atoms with Gasteiger partial charge in [-0.1, -0.05) is 12.1 Å². The average Bonchev–Trinajstić information content (AvgIpc) is 3.04. The zero-order valence-corrected chi connectivity index (χ0v) is 29.0. The number of pyridine rings is 2. The molecule has 2 aromatic carbocycles. The van der Waals surface area contributed by atoms with Gasteiger partial charge in [-0.15, -0.1) is 24.8 Å². The van der Waals surface area contributed by atoms with E-state index in [4.69, 9.17) is 9.47 Å². The summed E-state index contributed by atoms with van der Waals surface area (Å²) in [5, 5.41) is 2.91. The van der Waals surface area contributed by atoms with Gasteiger partial charge >= 0.3 is 6.03 Å². The van der Waals surface area contributed by atoms with Crippen LogP contribution in [0.25, 0.3) is 0 Å². The number of hydrogen-bond acceptors (Lipinski definition) is 8. The molecule has 11 nitrogen and oxygen atoms in total. The highest BCUT2D eigenvalue weighted by atomic mass is 35.5. The molecular formula is C33H39Cl2FN6O5S. The van der Waals surface area contributed by atoms with E-state index < -0.39 is 15.8 Å². The number of likely N-dealkylation sites (tertiary alicyclic amines) is 1. The van der Waals surface area contributed by atoms with E-state index in [1.54, 1.807) is 53.7 Å². The molecule has 0 aliphatic carbocycles. The molecule has 2 amide bonds. The molecule has 48 heavy (non-hydrogen) atoms. The molecule has 15 heteroatoms. The quantitative estimate of drug-likeness (QED) is 0.166. The zero-order valence-electron chi connectivity index (χ0n) is 26.5. The number of nitrogens with one attached hydrogen (secondary N) is 2. The summed E-state index contributed by atoms with van der Waals surface area (Å²) in [6.45, 7) is 4.49. The first-order chi connectivity index (χ1) is 22.2. The minimum Gasteiger partial charge on any atom is -0.439 e. The lowest BCUT2D eigenvalue weighted by molar-refractivity contribution is 0.199. The molecule has 5 rings (SSSR count). The van der Waals surface area contributed by atoms with Crippen LogP contribution in [0.5, 0.6) is 11.6 Å². The van der Waals surface area contributed by atoms with Gasteiger partial charge in [0, 0.05) is 63.0 Å². The van der Waals surface area contributed by atoms with E-state index in [1.165, 1.54) is 31.4 Å². The number of halogens is 3. The van der Waals surface area contributed by atoms with E-state index in [9.17, 15) is 17.6 Å². The second kappa shape index (κ2) is 18.1. The first-order valence-corrected chi connectivity index (χ1v) is 16.4. The van der Waals surface area contributed by atoms with Crippen molar-refractivity contribution in [2.45, 2.75) is 37.2 Å². The van der Waals surface area contributed by atoms with Crippen LogP contribution in [-0.2, 0) is 21.3 Å². The van der Waals surface area contributed by atoms with Crippen molar-refractivity contribution >= 4 is 52.2 Å². The van der Waals surface area contributed by atoms with Crippen molar-refractivity contribution in [3.8, 4) is 11.6 Å². The second-order valence-corrected chi connectivity index (χ2v) is 12.7. The van der Waals surface area contributed by atoms with Gasteiger partial charge in [0.05, 0.1) is 23.4 Å². The molecular weight excluding hydrogens is 682 g/mol. The van der Waals surface area contributed by atoms with Crippen LogP contribution in [0, 0.1) is 12.7 Å². The second-order valence-electron chi connectivity index (χ2n) is 10.9. The van der Waals surface area contributed by atoms with Crippen LogP contribution >= 0.6 is 24.8 Å². The molecule has 1 aliphatic rings. The Morgan fingerprint density at radius 3 is 2.38 bits per heavy atom. The number of carbonyl (C=O) groups excluding carboxylic acids is 1. The number of anilines is 2. The average molecular weight is 722 g/mol. The van der Waals surface area contributed by atoms with Crippen molar-refractivity contribution in [1.82, 2.24) is 19.6 Å². The van der Waals surface area contributed by atoms with Crippen molar-refractivity contribution in [1.29, 1.82) is 0 Å². The predicted molar refractivity (Wildman–Crippen MR) is 187 cm³/mol. The number of methoxy groups -OCH3 is 1. The van der Waals surface area contributed by atoms with Gasteiger partial charge in [0.15, 0.2) is 0 Å². The summed E-state index contributed by atoms with van der Waals surface area (Å²) in [6, 6.07) is 19.1. The SMILES string of the molecule is COCCNS(=O)(=O)c1ccc(Oc2ccc(CN3CCC(N(C(=O)Nc4ccc(C)nc4)c4cccc(F)c4)CC3)cn2)cc1.Cl.Cl. The highest BCUT2D eigenvalue weighted by molar-refractivity contribution is 7.89. The summed E-state index contributed by atoms with van der Waals surface area (Å²) in [5.41, 5.74) is 2.93. The maximum atomic E-state index is 14.2. The molecule has 0 radical (unpaired) electrons. The lowest BCUT2D eigenvalue weighted by Crippen LogP contribution is -2.49. The van der Waals surface area contributed by atoms with Gasteiger partial charge in [0.2, 0.25) is 15.9 Å². The third-order valence-electron chi connectivity index (χ3n) is 7.55. The topological polar surface area (TPSA) is 126 Å². The van der Waals surface area contributed by atoms with Crippen molar-refractivity contribution in [2.75, 3.05) is 43.6 Å². The molecule has 0 atom stereocenters. The summed E-state index contributed by atoms with van der Waals surface area (Å²) in [4.78, 5) is 26.2. The Hall–Kier alpha value is -3.85. The highest BCUT2D eigenvalue weighted by Gasteiger charge is 2.30. The van der Waals surface area contributed by atoms with E-state index in [0.717, 1.165) is 24.3 Å². The Balaban J connectivity index is 0.00000312. The molecule has 3 heterocycles. The van der Waals surface area contributed by atoms with Gasteiger partial charge in [-0.3, -0.25) is 14.8 Å². The standard InChI is InChI=1S/C33H37FN6O5S.2ClH/c1-24-6-8-27(22-35-24)38-33(41)40(29-5-3-4-26(34)20-29)28-14-17-39(18-15-28)23-25-7-13-32(36-21-25)45-30-9-11-31(12-10-30)46(42,43)37-16-19-44-2;;/h3-13,20-22,28,37H,14-19,23H2,1-2H3,(H,38,41);2*1H. The minimum absolute atomic E-state index is 0. The number of benzene rings is 2. The van der Waals surface area contributed by atoms with Gasteiger partial charge in [0.25, 0.3) is 0 Å². The smallest absolute Gasteiger partial charge is 0.326 e. The Labute approximate surface area is 292 Å². The third kappa shape index (κ3) is 10.6. The van der Waals surface area contributed by atoms with Crippen molar-refractivity contribution in [3.63, 3.8) is 0 Å². The Kier molecular flexibility index (Phi) is 14.5. The van der Waals surface area contributed by atoms with Crippen molar-refractivity contribution in [3.05, 3.63) is 102 Å². The summed E-state index contributed by atoms with van der Waals surface area (Å²) in [5.74, 6) is 0.446. The highest BCUT2D eigenvalue weighted by Crippen LogP contribution is 2.27. The Morgan fingerprint density at radius 2 is 1.75 bits per heavy atom. The van der Waals surface area contributed by atoms with E-state index in [2.05, 4.69) is 24.9 Å². The number of carbonyl (C=O) groups is 1. The summed E-state index contributed by atoms with van der Waals surface area (Å²) < 4.78 is 52.1. The zero-order chi connectivity index (χ0) is 32.5. The Bertz CT molecular complexity index is 1710. The molecule has 0 unspecified atom stereocenters. The number of sulfonamides is 1. The number of ether oxygens (including phenoxy) is 2. The number of urea groups is 1. The van der Waals surface area contributed by atoms with Crippen LogP contribution in [0.1, 0.15) is 24.1 Å². The van der Waals surface area contributed by atoms with E-state index >= 15 is 0 Å². The van der Waals surface area contributed by atoms with Crippen molar-refractivity contribution < 1.29 is 27.1 Å². The Morgan fingerprint density at radius 1 is 1.00 bits per heavy atom. The first-order valence-electron chi connectivity index (χ1n) is 14.9. The van der Waals surface area contributed by atoms with Crippen molar-refractivity contribution in [2.24, 2.45) is 0 Å². The van der Waals surface area contributed by atoms with Gasteiger partial charge in [-0.2, -0.15) is 0 Å². The number of aryl methyl sites for hydroxylation is 1. The number of nitrogens with zero attached hydrogens (tertiary/aromatic N) is 4. The number of rotatable bonds is 12. The monoisotopic (exact) mass is 720 g/mol. The molecule has 1 aliphatic heterocycles. The lowest BCUT2D eigenvalue weighted by Gasteiger charge is -2.38. The molecule has 1 saturated heterocycles. The van der Waals surface area contributed by atoms with Crippen LogP contribution in [0.15, 0.2) is 90.1 Å². The number of piperidine rings is 1. The van der Waals surface area contributed by atoms with Crippen LogP contribution in [0.2, 0.25) is 0 Å². The summed E-state index contributed by atoms with van der Waals surface area (Å²) >= 11 is 0. The molecule has 1 fully saturated rings. The maximum absolute atomic E-state index is 14.2. The van der Waals surface area contributed by atoms with Gasteiger partial charge in [-0.05, 0) is 79.9 Å². The van der Waals surface area contributed by atoms with Crippen LogP contribution in [0.4, 0.5) is 20.6 Å². The summed E-state index contributed by atoms with van der Waals surface area (Å²) in [6.07, 6.45) is 4.77. The number of aromatic nitrogens is 2. The summed E-state index contributed by atoms with van der Waals surface area (Å²) in [7, 11) is -2.13. The van der Waals surface area contributed by atoms with Crippen LogP contribution in [0.3, 0.4) is 0 Å². The minimum atomic E-state index is -3.63. The van der Waals surface area contributed by atoms with Gasteiger partial charge in [-0.25, -0.2) is 27.3 Å². The maximum Gasteiger partial charge on any atom is 0.326 e. The van der Waals surface area contributed by atoms with E-state index in [1.807, 2.05) is 19.1 Å². The molecule has 258 valence electrons. The first kappa shape index (κ1) is 38.6. The normalized spacial score (nSPS) is 13.6. The molecule has 0 saturated carbocycles. The molecule has 4 aromatic rings. The lowest BCUT2D eigenvalue weighted by atomic mass is 10.0. The molecule has 2 aromatic heterocycles. The van der Waals surface area contributed by atoms with Gasteiger partial charge < -0.3 is 14.8 Å². The number of hydrogen-bond donors (Lipinski definition) is 2. The van der Waals surface area contributed by atoms with Crippen LogP contribution < -0.4 is 19.7 Å². The van der Waals surface area contributed by atoms with E-state index in [0.29, 0.717) is 42.4 Å². The van der Waals surface area contributed by atoms with Gasteiger partial charge in [0.1, 0.15) is 11.6 Å². The van der Waals surface area contributed by atoms with E-state index in [-0.39, 0.29) is 54.9 Å². The molecule has 0 bridgehead atoms. The molecule has 2 N–H and O–H groups in total. The van der Waals surface area contributed by atoms with Crippen LogP contribution in [-0.4, -0.2) is 68.7 Å². The fraction of sp³-hybridized carbons (Fsp3) is 0.303. The third-order valence-corrected chi connectivity index (χ3v) is 9.03. The predicted octanol–water partition coefficient (Wildman–Crippen LogP) is 6.19. The number of amides is 2. The largest absolute Gasteiger partial charge is 0.439 e.